The predicted octanol–water partition coefficient (Wildman–Crippen LogP) is 4.66. The van der Waals surface area contributed by atoms with Crippen LogP contribution in [-0.2, 0) is 4.79 Å². The minimum absolute atomic E-state index is 0.00172. The van der Waals surface area contributed by atoms with Crippen LogP contribution in [-0.4, -0.2) is 5.78 Å². The molecule has 0 amide bonds. The van der Waals surface area contributed by atoms with E-state index < -0.39 is 0 Å². The summed E-state index contributed by atoms with van der Waals surface area (Å²) in [5.74, 6) is 0.235. The number of carbonyl (C=O) groups is 1. The molecule has 0 aliphatic heterocycles. The normalized spacial score (nSPS) is 12.5. The van der Waals surface area contributed by atoms with Crippen molar-refractivity contribution >= 4 is 5.78 Å². The molecule has 1 unspecified atom stereocenters. The van der Waals surface area contributed by atoms with Gasteiger partial charge in [-0.3, -0.25) is 4.79 Å². The number of unbranched alkanes of at least 4 members (excludes halogenated alkanes) is 2. The van der Waals surface area contributed by atoms with Gasteiger partial charge in [-0.2, -0.15) is 0 Å². The van der Waals surface area contributed by atoms with Crippen molar-refractivity contribution in [3.8, 4) is 0 Å². The minimum atomic E-state index is 0.00172. The van der Waals surface area contributed by atoms with Gasteiger partial charge in [-0.1, -0.05) is 48.6 Å². The molecule has 1 atom stereocenters. The van der Waals surface area contributed by atoms with Crippen molar-refractivity contribution in [2.75, 3.05) is 0 Å². The zero-order valence-electron chi connectivity index (χ0n) is 11.1. The lowest BCUT2D eigenvalue weighted by atomic mass is 9.92. The van der Waals surface area contributed by atoms with Crippen LogP contribution in [0.25, 0.3) is 0 Å². The van der Waals surface area contributed by atoms with Gasteiger partial charge in [0, 0.05) is 5.92 Å². The Morgan fingerprint density at radius 1 is 1.22 bits per heavy atom. The van der Waals surface area contributed by atoms with Crippen LogP contribution in [0, 0.1) is 0 Å². The number of rotatable bonds is 8. The number of hydrogen-bond acceptors (Lipinski definition) is 1. The van der Waals surface area contributed by atoms with Crippen molar-refractivity contribution in [3.63, 3.8) is 0 Å². The van der Waals surface area contributed by atoms with Gasteiger partial charge in [0.2, 0.25) is 0 Å². The number of carbonyl (C=O) groups excluding carboxylic acids is 1. The van der Waals surface area contributed by atoms with Gasteiger partial charge in [0.25, 0.3) is 0 Å². The lowest BCUT2D eigenvalue weighted by Gasteiger charge is -2.11. The van der Waals surface area contributed by atoms with Gasteiger partial charge in [0.15, 0.2) is 0 Å². The number of ketones is 1. The summed E-state index contributed by atoms with van der Waals surface area (Å²) < 4.78 is 0. The highest BCUT2D eigenvalue weighted by Crippen LogP contribution is 2.21. The van der Waals surface area contributed by atoms with E-state index in [1.807, 2.05) is 36.4 Å². The van der Waals surface area contributed by atoms with Crippen molar-refractivity contribution in [1.82, 2.24) is 0 Å². The fourth-order valence-electron chi connectivity index (χ4n) is 1.95. The minimum Gasteiger partial charge on any atom is -0.299 e. The lowest BCUT2D eigenvalue weighted by molar-refractivity contribution is -0.118. The summed E-state index contributed by atoms with van der Waals surface area (Å²) in [6, 6.07) is 10.00. The maximum atomic E-state index is 11.7. The highest BCUT2D eigenvalue weighted by molar-refractivity contribution is 5.83. The average Bonchev–Trinajstić information content (AvgIpc) is 2.38. The molecule has 1 rings (SSSR count). The first-order chi connectivity index (χ1) is 8.75. The van der Waals surface area contributed by atoms with Crippen LogP contribution in [0.2, 0.25) is 0 Å². The fourth-order valence-corrected chi connectivity index (χ4v) is 1.95. The molecule has 0 aliphatic rings. The highest BCUT2D eigenvalue weighted by Gasteiger charge is 2.14. The molecule has 1 aromatic rings. The molecule has 18 heavy (non-hydrogen) atoms. The number of benzene rings is 1. The first kappa shape index (κ1) is 14.4. The smallest absolute Gasteiger partial charge is 0.137 e. The largest absolute Gasteiger partial charge is 0.299 e. The summed E-state index contributed by atoms with van der Waals surface area (Å²) in [5, 5.41) is 0. The third kappa shape index (κ3) is 5.13. The Kier molecular flexibility index (Phi) is 6.78. The Balaban J connectivity index is 2.50. The molecule has 0 spiro atoms. The molecule has 0 bridgehead atoms. The zero-order valence-corrected chi connectivity index (χ0v) is 11.1. The van der Waals surface area contributed by atoms with E-state index >= 15 is 0 Å². The van der Waals surface area contributed by atoms with Crippen LogP contribution in [0.15, 0.2) is 55.1 Å². The third-order valence-corrected chi connectivity index (χ3v) is 3.01. The first-order valence-corrected chi connectivity index (χ1v) is 6.57. The van der Waals surface area contributed by atoms with E-state index in [2.05, 4.69) is 18.7 Å². The van der Waals surface area contributed by atoms with E-state index in [4.69, 9.17) is 0 Å². The molecule has 96 valence electrons. The summed E-state index contributed by atoms with van der Waals surface area (Å²) in [4.78, 5) is 11.7. The van der Waals surface area contributed by atoms with Gasteiger partial charge < -0.3 is 0 Å². The van der Waals surface area contributed by atoms with Crippen LogP contribution in [0.3, 0.4) is 0 Å². The van der Waals surface area contributed by atoms with Crippen LogP contribution < -0.4 is 0 Å². The highest BCUT2D eigenvalue weighted by atomic mass is 16.1. The molecule has 0 aliphatic carbocycles. The summed E-state index contributed by atoms with van der Waals surface area (Å²) in [6.45, 7) is 5.37. The molecule has 1 heteroatoms. The van der Waals surface area contributed by atoms with Crippen LogP contribution in [0.1, 0.15) is 44.1 Å². The Morgan fingerprint density at radius 3 is 2.56 bits per heavy atom. The number of Topliss-reactive ketones (excluding diaryl/α,β-unsaturated/α-hetero) is 1. The van der Waals surface area contributed by atoms with E-state index in [1.54, 1.807) is 6.92 Å². The van der Waals surface area contributed by atoms with E-state index in [9.17, 15) is 4.79 Å². The fraction of sp³-hybridized carbons (Fsp3) is 0.353. The topological polar surface area (TPSA) is 17.1 Å². The lowest BCUT2D eigenvalue weighted by Crippen LogP contribution is -2.07. The van der Waals surface area contributed by atoms with Crippen molar-refractivity contribution in [3.05, 3.63) is 60.7 Å². The van der Waals surface area contributed by atoms with Crippen molar-refractivity contribution in [1.29, 1.82) is 0 Å². The standard InChI is InChI=1S/C17H22O/c1-3-4-5-6-7-11-14-17(15(2)18)16-12-9-8-10-13-16/h3,7-13,17H,1,4-6,14H2,2H3/b11-7+. The molecule has 0 fully saturated rings. The maximum absolute atomic E-state index is 11.7. The predicted molar refractivity (Wildman–Crippen MR) is 77.7 cm³/mol. The Morgan fingerprint density at radius 2 is 1.94 bits per heavy atom. The molecular formula is C17H22O. The Hall–Kier alpha value is -1.63. The molecular weight excluding hydrogens is 220 g/mol. The molecule has 0 radical (unpaired) electrons. The Bertz CT molecular complexity index is 389. The van der Waals surface area contributed by atoms with E-state index in [1.165, 1.54) is 0 Å². The van der Waals surface area contributed by atoms with Gasteiger partial charge in [-0.05, 0) is 38.2 Å². The molecule has 1 nitrogen and oxygen atoms in total. The SMILES string of the molecule is C=CCCC/C=C/CC(C(C)=O)c1ccccc1. The number of hydrogen-bond donors (Lipinski definition) is 0. The quantitative estimate of drug-likeness (QED) is 0.478. The van der Waals surface area contributed by atoms with Crippen molar-refractivity contribution in [2.24, 2.45) is 0 Å². The first-order valence-electron chi connectivity index (χ1n) is 6.57. The monoisotopic (exact) mass is 242 g/mol. The van der Waals surface area contributed by atoms with Gasteiger partial charge in [-0.15, -0.1) is 6.58 Å². The summed E-state index contributed by atoms with van der Waals surface area (Å²) in [7, 11) is 0. The van der Waals surface area contributed by atoms with Crippen LogP contribution in [0.4, 0.5) is 0 Å². The van der Waals surface area contributed by atoms with E-state index in [0.29, 0.717) is 0 Å². The van der Waals surface area contributed by atoms with Gasteiger partial charge in [-0.25, -0.2) is 0 Å². The molecule has 0 N–H and O–H groups in total. The second-order valence-electron chi connectivity index (χ2n) is 4.50. The zero-order chi connectivity index (χ0) is 13.2. The van der Waals surface area contributed by atoms with Gasteiger partial charge >= 0.3 is 0 Å². The van der Waals surface area contributed by atoms with Crippen LogP contribution in [0.5, 0.6) is 0 Å². The molecule has 0 saturated carbocycles. The molecule has 0 saturated heterocycles. The average molecular weight is 242 g/mol. The maximum Gasteiger partial charge on any atom is 0.137 e. The number of allylic oxidation sites excluding steroid dienone is 3. The van der Waals surface area contributed by atoms with E-state index in [-0.39, 0.29) is 11.7 Å². The summed E-state index contributed by atoms with van der Waals surface area (Å²) >= 11 is 0. The summed E-state index contributed by atoms with van der Waals surface area (Å²) in [6.07, 6.45) is 10.3. The van der Waals surface area contributed by atoms with Crippen molar-refractivity contribution < 1.29 is 4.79 Å². The van der Waals surface area contributed by atoms with Gasteiger partial charge in [0.05, 0.1) is 0 Å². The van der Waals surface area contributed by atoms with Crippen LogP contribution >= 0.6 is 0 Å². The second-order valence-corrected chi connectivity index (χ2v) is 4.50. The summed E-state index contributed by atoms with van der Waals surface area (Å²) in [5.41, 5.74) is 1.11. The van der Waals surface area contributed by atoms with E-state index in [0.717, 1.165) is 31.2 Å². The second kappa shape index (κ2) is 8.46. The molecule has 0 aromatic heterocycles. The molecule has 0 heterocycles. The van der Waals surface area contributed by atoms with Gasteiger partial charge in [0.1, 0.15) is 5.78 Å². The Labute approximate surface area is 110 Å². The van der Waals surface area contributed by atoms with Crippen molar-refractivity contribution in [2.45, 2.75) is 38.5 Å². The third-order valence-electron chi connectivity index (χ3n) is 3.01. The molecule has 1 aromatic carbocycles.